The van der Waals surface area contributed by atoms with E-state index < -0.39 is 12.2 Å². The van der Waals surface area contributed by atoms with E-state index in [1.807, 2.05) is 36.4 Å². The normalized spacial score (nSPS) is 35.6. The van der Waals surface area contributed by atoms with Gasteiger partial charge in [0.2, 0.25) is 0 Å². The number of hydrogen-bond acceptors (Lipinski definition) is 5. The van der Waals surface area contributed by atoms with Crippen molar-refractivity contribution < 1.29 is 19.1 Å². The van der Waals surface area contributed by atoms with Gasteiger partial charge in [-0.2, -0.15) is 0 Å². The standard InChI is InChI=1S/C25H29NO4P2/c1-31-24-18-14-9-15-19(18)25(26-24,32-2)21(30-23(28)17-12-7-4-8-13-17)20(24)29-22(27)16-10-5-3-6-11-16/h3-8,10-13,18-21,26,31-32H,9,14-15H2,1-2H3. The zero-order valence-corrected chi connectivity index (χ0v) is 20.3. The SMILES string of the molecule is CPC12NC(PC)(C3CCCC31)C(OC(=O)c1ccccc1)C2OC(=O)c1ccccc1. The Morgan fingerprint density at radius 3 is 1.56 bits per heavy atom. The Kier molecular flexibility index (Phi) is 5.86. The van der Waals surface area contributed by atoms with Crippen LogP contribution in [0.25, 0.3) is 0 Å². The topological polar surface area (TPSA) is 64.6 Å². The van der Waals surface area contributed by atoms with Crippen molar-refractivity contribution >= 4 is 29.1 Å². The molecule has 1 saturated carbocycles. The van der Waals surface area contributed by atoms with Crippen molar-refractivity contribution in [3.8, 4) is 0 Å². The van der Waals surface area contributed by atoms with E-state index in [2.05, 4.69) is 18.6 Å². The second kappa shape index (κ2) is 8.52. The zero-order chi connectivity index (χ0) is 22.3. The van der Waals surface area contributed by atoms with Gasteiger partial charge >= 0.3 is 11.9 Å². The molecule has 0 amide bonds. The fourth-order valence-electron chi connectivity index (χ4n) is 6.22. The maximum Gasteiger partial charge on any atom is 0.338 e. The lowest BCUT2D eigenvalue weighted by Gasteiger charge is -2.45. The molecule has 2 heterocycles. The van der Waals surface area contributed by atoms with Gasteiger partial charge in [-0.1, -0.05) is 60.0 Å². The number of hydrogen-bond donors (Lipinski definition) is 1. The van der Waals surface area contributed by atoms with Crippen LogP contribution in [0.4, 0.5) is 0 Å². The number of benzene rings is 2. The van der Waals surface area contributed by atoms with Crippen molar-refractivity contribution in [1.29, 1.82) is 0 Å². The molecule has 168 valence electrons. The molecule has 8 unspecified atom stereocenters. The highest BCUT2D eigenvalue weighted by molar-refractivity contribution is 7.41. The van der Waals surface area contributed by atoms with Gasteiger partial charge in [0.15, 0.2) is 12.2 Å². The molecule has 8 atom stereocenters. The smallest absolute Gasteiger partial charge is 0.338 e. The van der Waals surface area contributed by atoms with Crippen LogP contribution in [0.5, 0.6) is 0 Å². The predicted molar refractivity (Wildman–Crippen MR) is 129 cm³/mol. The summed E-state index contributed by atoms with van der Waals surface area (Å²) in [5, 5.41) is 3.27. The maximum atomic E-state index is 13.1. The van der Waals surface area contributed by atoms with Crippen LogP contribution >= 0.6 is 17.2 Å². The summed E-state index contributed by atoms with van der Waals surface area (Å²) >= 11 is 0. The van der Waals surface area contributed by atoms with E-state index in [4.69, 9.17) is 9.47 Å². The third-order valence-corrected chi connectivity index (χ3v) is 10.8. The molecular weight excluding hydrogens is 440 g/mol. The number of fused-ring (bicyclic) bond motifs is 5. The molecule has 3 fully saturated rings. The number of ether oxygens (including phenoxy) is 2. The molecule has 5 rings (SSSR count). The molecule has 2 aromatic carbocycles. The van der Waals surface area contributed by atoms with Crippen molar-refractivity contribution in [2.45, 2.75) is 42.0 Å². The average Bonchev–Trinajstić information content (AvgIpc) is 3.51. The average molecular weight is 469 g/mol. The monoisotopic (exact) mass is 469 g/mol. The molecule has 0 radical (unpaired) electrons. The molecule has 5 nitrogen and oxygen atoms in total. The summed E-state index contributed by atoms with van der Waals surface area (Å²) in [6, 6.07) is 18.2. The van der Waals surface area contributed by atoms with Crippen molar-refractivity contribution in [1.82, 2.24) is 5.32 Å². The first-order valence-corrected chi connectivity index (χ1v) is 14.2. The first-order valence-electron chi connectivity index (χ1n) is 11.2. The highest BCUT2D eigenvalue weighted by atomic mass is 31.1. The molecule has 1 aliphatic carbocycles. The van der Waals surface area contributed by atoms with E-state index in [1.54, 1.807) is 24.3 Å². The van der Waals surface area contributed by atoms with Crippen molar-refractivity contribution in [3.05, 3.63) is 71.8 Å². The summed E-state index contributed by atoms with van der Waals surface area (Å²) in [4.78, 5) is 26.3. The summed E-state index contributed by atoms with van der Waals surface area (Å²) in [6.45, 7) is 4.37. The Balaban J connectivity index is 1.53. The minimum Gasteiger partial charge on any atom is -0.452 e. The van der Waals surface area contributed by atoms with Gasteiger partial charge in [0.1, 0.15) is 0 Å². The molecule has 3 aliphatic rings. The Labute approximate surface area is 192 Å². The van der Waals surface area contributed by atoms with E-state index in [-0.39, 0.29) is 22.5 Å². The van der Waals surface area contributed by atoms with Crippen LogP contribution in [0.15, 0.2) is 60.7 Å². The second-order valence-electron chi connectivity index (χ2n) is 8.89. The van der Waals surface area contributed by atoms with E-state index >= 15 is 0 Å². The molecule has 2 aromatic rings. The van der Waals surface area contributed by atoms with Gasteiger partial charge in [0.05, 0.1) is 21.7 Å². The molecular formula is C25H29NO4P2. The van der Waals surface area contributed by atoms with Crippen molar-refractivity contribution in [3.63, 3.8) is 0 Å². The van der Waals surface area contributed by atoms with Crippen LogP contribution in [0, 0.1) is 11.8 Å². The van der Waals surface area contributed by atoms with Gasteiger partial charge < -0.3 is 9.47 Å². The van der Waals surface area contributed by atoms with Crippen LogP contribution in [0.1, 0.15) is 40.0 Å². The number of esters is 2. The summed E-state index contributed by atoms with van der Waals surface area (Å²) in [5.41, 5.74) is 1.04. The lowest BCUT2D eigenvalue weighted by Crippen LogP contribution is -2.57. The Morgan fingerprint density at radius 2 is 1.19 bits per heavy atom. The van der Waals surface area contributed by atoms with Crippen LogP contribution in [0.3, 0.4) is 0 Å². The van der Waals surface area contributed by atoms with Crippen LogP contribution in [0.2, 0.25) is 0 Å². The van der Waals surface area contributed by atoms with Crippen LogP contribution < -0.4 is 5.32 Å². The number of nitrogens with one attached hydrogen (secondary N) is 1. The number of rotatable bonds is 6. The first kappa shape index (κ1) is 22.0. The van der Waals surface area contributed by atoms with Gasteiger partial charge in [-0.05, 0) is 62.3 Å². The van der Waals surface area contributed by atoms with Gasteiger partial charge in [0.25, 0.3) is 0 Å². The highest BCUT2D eigenvalue weighted by Crippen LogP contribution is 2.69. The largest absolute Gasteiger partial charge is 0.452 e. The fourth-order valence-corrected chi connectivity index (χ4v) is 9.44. The summed E-state index contributed by atoms with van der Waals surface area (Å²) in [6.07, 6.45) is 2.43. The number of carbonyl (C=O) groups excluding carboxylic acids is 2. The third kappa shape index (κ3) is 3.24. The second-order valence-corrected chi connectivity index (χ2v) is 11.5. The predicted octanol–water partition coefficient (Wildman–Crippen LogP) is 4.48. The Morgan fingerprint density at radius 1 is 0.781 bits per heavy atom. The van der Waals surface area contributed by atoms with Crippen LogP contribution in [-0.2, 0) is 9.47 Å². The lowest BCUT2D eigenvalue weighted by atomic mass is 9.77. The van der Waals surface area contributed by atoms with E-state index in [1.165, 1.54) is 6.42 Å². The third-order valence-electron chi connectivity index (χ3n) is 7.59. The van der Waals surface area contributed by atoms with E-state index in [0.717, 1.165) is 12.8 Å². The minimum absolute atomic E-state index is 0.337. The quantitative estimate of drug-likeness (QED) is 0.499. The Bertz CT molecular complexity index is 924. The fraction of sp³-hybridized carbons (Fsp3) is 0.440. The van der Waals surface area contributed by atoms with Crippen LogP contribution in [-0.4, -0.2) is 48.0 Å². The summed E-state index contributed by atoms with van der Waals surface area (Å²) in [5.74, 6) is 0.178. The molecule has 32 heavy (non-hydrogen) atoms. The molecule has 7 heteroatoms. The highest BCUT2D eigenvalue weighted by Gasteiger charge is 2.76. The molecule has 2 saturated heterocycles. The molecule has 2 bridgehead atoms. The number of carbonyl (C=O) groups is 2. The van der Waals surface area contributed by atoms with Gasteiger partial charge in [0, 0.05) is 0 Å². The Hall–Kier alpha value is -1.80. The molecule has 0 aromatic heterocycles. The van der Waals surface area contributed by atoms with Gasteiger partial charge in [-0.15, -0.1) is 0 Å². The van der Waals surface area contributed by atoms with Gasteiger partial charge in [-0.3, -0.25) is 5.32 Å². The lowest BCUT2D eigenvalue weighted by molar-refractivity contribution is -0.0643. The molecule has 2 aliphatic heterocycles. The zero-order valence-electron chi connectivity index (χ0n) is 18.3. The molecule has 0 spiro atoms. The first-order chi connectivity index (χ1) is 15.6. The summed E-state index contributed by atoms with van der Waals surface area (Å²) < 4.78 is 12.5. The van der Waals surface area contributed by atoms with Crippen molar-refractivity contribution in [2.24, 2.45) is 11.8 Å². The minimum atomic E-state index is -0.502. The van der Waals surface area contributed by atoms with E-state index in [0.29, 0.717) is 40.1 Å². The maximum absolute atomic E-state index is 13.1. The van der Waals surface area contributed by atoms with Crippen molar-refractivity contribution in [2.75, 3.05) is 13.3 Å². The molecule has 1 N–H and O–H groups in total. The van der Waals surface area contributed by atoms with Gasteiger partial charge in [-0.25, -0.2) is 9.59 Å². The van der Waals surface area contributed by atoms with E-state index in [9.17, 15) is 9.59 Å². The summed E-state index contributed by atoms with van der Waals surface area (Å²) in [7, 11) is 1.06.